The first kappa shape index (κ1) is 26.1. The zero-order valence-electron chi connectivity index (χ0n) is 19.1. The molecule has 0 spiro atoms. The highest BCUT2D eigenvalue weighted by Crippen LogP contribution is 2.24. The molecule has 0 unspecified atom stereocenters. The van der Waals surface area contributed by atoms with Crippen LogP contribution in [-0.2, 0) is 15.8 Å². The first-order valence-corrected chi connectivity index (χ1v) is 13.6. The van der Waals surface area contributed by atoms with Crippen molar-refractivity contribution in [3.63, 3.8) is 0 Å². The molecule has 1 amide bonds. The summed E-state index contributed by atoms with van der Waals surface area (Å²) in [6.07, 6.45) is 0. The van der Waals surface area contributed by atoms with Crippen molar-refractivity contribution in [3.05, 3.63) is 93.3 Å². The first-order chi connectivity index (χ1) is 16.1. The normalized spacial score (nSPS) is 11.3. The van der Waals surface area contributed by atoms with Gasteiger partial charge in [0.25, 0.3) is 15.9 Å². The maximum atomic E-state index is 13.8. The standard InChI is InChI=1S/C25H26ClFN2O3S2/c1-16-11-17(2)13-20(12-16)29-34(31,32)24-14-19(8-7-18(24)3)25(30)28-9-10-33-15-21-22(26)5-4-6-23(21)27/h4-8,11-14,29H,9-10,15H2,1-3H3,(H,28,30). The number of anilines is 1. The third-order valence-corrected chi connectivity index (χ3v) is 7.92. The van der Waals surface area contributed by atoms with Crippen molar-refractivity contribution in [2.45, 2.75) is 31.4 Å². The van der Waals surface area contributed by atoms with Crippen molar-refractivity contribution < 1.29 is 17.6 Å². The molecule has 0 aliphatic rings. The van der Waals surface area contributed by atoms with Gasteiger partial charge in [-0.1, -0.05) is 29.8 Å². The summed E-state index contributed by atoms with van der Waals surface area (Å²) in [4.78, 5) is 12.7. The van der Waals surface area contributed by atoms with Gasteiger partial charge in [-0.2, -0.15) is 11.8 Å². The van der Waals surface area contributed by atoms with Gasteiger partial charge < -0.3 is 5.32 Å². The van der Waals surface area contributed by atoms with E-state index in [1.807, 2.05) is 19.9 Å². The molecule has 0 radical (unpaired) electrons. The van der Waals surface area contributed by atoms with Gasteiger partial charge in [0.05, 0.1) is 4.90 Å². The molecule has 0 saturated carbocycles. The number of benzene rings is 3. The molecular weight excluding hydrogens is 495 g/mol. The van der Waals surface area contributed by atoms with Crippen molar-refractivity contribution in [1.82, 2.24) is 5.32 Å². The minimum absolute atomic E-state index is 0.0443. The lowest BCUT2D eigenvalue weighted by Gasteiger charge is -2.13. The van der Waals surface area contributed by atoms with E-state index in [0.29, 0.717) is 39.9 Å². The van der Waals surface area contributed by atoms with Gasteiger partial charge >= 0.3 is 0 Å². The van der Waals surface area contributed by atoms with Crippen LogP contribution < -0.4 is 10.0 Å². The Bertz CT molecular complexity index is 1270. The van der Waals surface area contributed by atoms with E-state index in [0.717, 1.165) is 11.1 Å². The number of hydrogen-bond acceptors (Lipinski definition) is 4. The van der Waals surface area contributed by atoms with E-state index in [1.165, 1.54) is 23.9 Å². The quantitative estimate of drug-likeness (QED) is 0.346. The fourth-order valence-corrected chi connectivity index (χ4v) is 5.97. The van der Waals surface area contributed by atoms with Crippen LogP contribution in [0, 0.1) is 26.6 Å². The molecule has 0 aromatic heterocycles. The van der Waals surface area contributed by atoms with E-state index in [2.05, 4.69) is 10.0 Å². The van der Waals surface area contributed by atoms with Crippen LogP contribution in [0.4, 0.5) is 10.1 Å². The van der Waals surface area contributed by atoms with E-state index in [-0.39, 0.29) is 22.2 Å². The van der Waals surface area contributed by atoms with Crippen molar-refractivity contribution in [1.29, 1.82) is 0 Å². The molecule has 0 aliphatic carbocycles. The largest absolute Gasteiger partial charge is 0.351 e. The van der Waals surface area contributed by atoms with E-state index >= 15 is 0 Å². The fourth-order valence-electron chi connectivity index (χ4n) is 3.46. The zero-order chi connectivity index (χ0) is 24.9. The van der Waals surface area contributed by atoms with E-state index < -0.39 is 10.0 Å². The highest BCUT2D eigenvalue weighted by molar-refractivity contribution is 7.98. The molecule has 0 atom stereocenters. The second-order valence-corrected chi connectivity index (χ2v) is 11.1. The summed E-state index contributed by atoms with van der Waals surface area (Å²) < 4.78 is 42.5. The Kier molecular flexibility index (Phi) is 8.62. The Morgan fingerprint density at radius 2 is 1.74 bits per heavy atom. The highest BCUT2D eigenvalue weighted by Gasteiger charge is 2.20. The molecule has 0 bridgehead atoms. The maximum Gasteiger partial charge on any atom is 0.262 e. The molecular formula is C25H26ClFN2O3S2. The predicted molar refractivity (Wildman–Crippen MR) is 138 cm³/mol. The number of hydrogen-bond donors (Lipinski definition) is 2. The Morgan fingerprint density at radius 1 is 1.03 bits per heavy atom. The summed E-state index contributed by atoms with van der Waals surface area (Å²) >= 11 is 7.47. The lowest BCUT2D eigenvalue weighted by Crippen LogP contribution is -2.26. The molecule has 5 nitrogen and oxygen atoms in total. The number of halogens is 2. The molecule has 9 heteroatoms. The molecule has 3 rings (SSSR count). The number of carbonyl (C=O) groups is 1. The second-order valence-electron chi connectivity index (χ2n) is 7.97. The molecule has 3 aromatic carbocycles. The molecule has 0 fully saturated rings. The Morgan fingerprint density at radius 3 is 2.41 bits per heavy atom. The van der Waals surface area contributed by atoms with Crippen molar-refractivity contribution in [2.75, 3.05) is 17.0 Å². The Balaban J connectivity index is 1.62. The summed E-state index contributed by atoms with van der Waals surface area (Å²) in [5.74, 6) is 0.194. The fraction of sp³-hybridized carbons (Fsp3) is 0.240. The summed E-state index contributed by atoms with van der Waals surface area (Å²) in [6, 6.07) is 14.6. The van der Waals surface area contributed by atoms with E-state index in [9.17, 15) is 17.6 Å². The van der Waals surface area contributed by atoms with Crippen molar-refractivity contribution >= 4 is 45.0 Å². The van der Waals surface area contributed by atoms with E-state index in [4.69, 9.17) is 11.6 Å². The maximum absolute atomic E-state index is 13.8. The molecule has 3 aromatic rings. The number of aryl methyl sites for hydroxylation is 3. The summed E-state index contributed by atoms with van der Waals surface area (Å²) in [5.41, 5.74) is 3.57. The summed E-state index contributed by atoms with van der Waals surface area (Å²) in [5, 5.41) is 3.15. The van der Waals surface area contributed by atoms with Gasteiger partial charge in [-0.3, -0.25) is 9.52 Å². The first-order valence-electron chi connectivity index (χ1n) is 10.6. The molecule has 0 aliphatic heterocycles. The number of nitrogens with one attached hydrogen (secondary N) is 2. The van der Waals surface area contributed by atoms with Gasteiger partial charge in [-0.15, -0.1) is 0 Å². The molecule has 180 valence electrons. The van der Waals surface area contributed by atoms with Crippen LogP contribution in [-0.4, -0.2) is 26.6 Å². The zero-order valence-corrected chi connectivity index (χ0v) is 21.5. The minimum atomic E-state index is -3.88. The lowest BCUT2D eigenvalue weighted by atomic mass is 10.1. The summed E-state index contributed by atoms with van der Waals surface area (Å²) in [6.45, 7) is 5.81. The highest BCUT2D eigenvalue weighted by atomic mass is 35.5. The Labute approximate surface area is 209 Å². The average Bonchev–Trinajstić information content (AvgIpc) is 2.74. The third kappa shape index (κ3) is 6.74. The number of thioether (sulfide) groups is 1. The van der Waals surface area contributed by atoms with Gasteiger partial charge in [0.1, 0.15) is 5.82 Å². The predicted octanol–water partition coefficient (Wildman–Crippen LogP) is 5.87. The monoisotopic (exact) mass is 520 g/mol. The van der Waals surface area contributed by atoms with Gasteiger partial charge in [0.15, 0.2) is 0 Å². The second kappa shape index (κ2) is 11.3. The average molecular weight is 521 g/mol. The molecule has 2 N–H and O–H groups in total. The number of sulfonamides is 1. The van der Waals surface area contributed by atoms with Gasteiger partial charge in [-0.05, 0) is 73.9 Å². The van der Waals surface area contributed by atoms with Crippen LogP contribution in [0.15, 0.2) is 59.5 Å². The number of amides is 1. The SMILES string of the molecule is Cc1cc(C)cc(NS(=O)(=O)c2cc(C(=O)NCCSCc3c(F)cccc3Cl)ccc2C)c1. The topological polar surface area (TPSA) is 75.3 Å². The third-order valence-electron chi connectivity index (χ3n) is 5.05. The lowest BCUT2D eigenvalue weighted by molar-refractivity contribution is 0.0956. The van der Waals surface area contributed by atoms with Crippen molar-refractivity contribution in [3.8, 4) is 0 Å². The number of rotatable bonds is 9. The van der Waals surface area contributed by atoms with Crippen LogP contribution in [0.2, 0.25) is 5.02 Å². The van der Waals surface area contributed by atoms with Gasteiger partial charge in [0.2, 0.25) is 0 Å². The Hall–Kier alpha value is -2.55. The molecule has 0 saturated heterocycles. The smallest absolute Gasteiger partial charge is 0.262 e. The van der Waals surface area contributed by atoms with E-state index in [1.54, 1.807) is 43.3 Å². The number of carbonyl (C=O) groups excluding carboxylic acids is 1. The molecule has 34 heavy (non-hydrogen) atoms. The van der Waals surface area contributed by atoms with Crippen LogP contribution in [0.5, 0.6) is 0 Å². The van der Waals surface area contributed by atoms with Crippen LogP contribution in [0.1, 0.15) is 32.6 Å². The minimum Gasteiger partial charge on any atom is -0.351 e. The summed E-state index contributed by atoms with van der Waals surface area (Å²) in [7, 11) is -3.88. The van der Waals surface area contributed by atoms with Crippen molar-refractivity contribution in [2.24, 2.45) is 0 Å². The van der Waals surface area contributed by atoms with Gasteiger partial charge in [-0.25, -0.2) is 12.8 Å². The van der Waals surface area contributed by atoms with Crippen LogP contribution in [0.3, 0.4) is 0 Å². The van der Waals surface area contributed by atoms with Gasteiger partial charge in [0, 0.05) is 39.9 Å². The van der Waals surface area contributed by atoms with Crippen LogP contribution in [0.25, 0.3) is 0 Å². The van der Waals surface area contributed by atoms with Crippen LogP contribution >= 0.6 is 23.4 Å². The molecule has 0 heterocycles.